The molecule has 1 aliphatic heterocycles. The Balaban J connectivity index is 1.82. The van der Waals surface area contributed by atoms with Crippen LogP contribution in [0.3, 0.4) is 0 Å². The van der Waals surface area contributed by atoms with Crippen LogP contribution in [0.5, 0.6) is 17.2 Å². The molecule has 0 bridgehead atoms. The van der Waals surface area contributed by atoms with Gasteiger partial charge in [0.05, 0.1) is 0 Å². The summed E-state index contributed by atoms with van der Waals surface area (Å²) in [7, 11) is 1.91. The van der Waals surface area contributed by atoms with E-state index in [9.17, 15) is 15.0 Å². The predicted molar refractivity (Wildman–Crippen MR) is 85.6 cm³/mol. The number of aromatic hydroxyl groups is 2. The molecular formula is C18H13NO4. The van der Waals surface area contributed by atoms with Gasteiger partial charge in [-0.3, -0.25) is 4.79 Å². The number of aryl methyl sites for hydroxylation is 1. The topological polar surface area (TPSA) is 71.7 Å². The van der Waals surface area contributed by atoms with Crippen LogP contribution in [0.2, 0.25) is 0 Å². The Labute approximate surface area is 131 Å². The van der Waals surface area contributed by atoms with Crippen LogP contribution in [-0.4, -0.2) is 20.6 Å². The standard InChI is InChI=1S/C18H13NO4/c1-19-11(6-10-4-2-3-5-13(10)19)7-16-18(22)17-14(21)8-12(20)9-15(17)23-16/h2-9,20-21H,1H3/b16-7-. The molecule has 5 heteroatoms. The number of hydrogen-bond acceptors (Lipinski definition) is 4. The molecule has 4 rings (SSSR count). The summed E-state index contributed by atoms with van der Waals surface area (Å²) >= 11 is 0. The number of para-hydroxylation sites is 1. The number of nitrogens with zero attached hydrogens (tertiary/aromatic N) is 1. The second kappa shape index (κ2) is 4.64. The van der Waals surface area contributed by atoms with Crippen LogP contribution >= 0.6 is 0 Å². The lowest BCUT2D eigenvalue weighted by Gasteiger charge is -2.01. The maximum absolute atomic E-state index is 12.4. The van der Waals surface area contributed by atoms with Gasteiger partial charge in [0.15, 0.2) is 5.76 Å². The van der Waals surface area contributed by atoms with Crippen LogP contribution in [0.15, 0.2) is 48.2 Å². The molecule has 0 spiro atoms. The van der Waals surface area contributed by atoms with E-state index in [2.05, 4.69) is 0 Å². The summed E-state index contributed by atoms with van der Waals surface area (Å²) in [6.45, 7) is 0. The summed E-state index contributed by atoms with van der Waals surface area (Å²) in [6.07, 6.45) is 1.64. The lowest BCUT2D eigenvalue weighted by molar-refractivity contribution is 0.101. The highest BCUT2D eigenvalue weighted by atomic mass is 16.5. The number of benzene rings is 2. The molecule has 2 heterocycles. The van der Waals surface area contributed by atoms with Gasteiger partial charge in [-0.2, -0.15) is 0 Å². The first-order chi connectivity index (χ1) is 11.0. The van der Waals surface area contributed by atoms with E-state index in [1.165, 1.54) is 6.07 Å². The van der Waals surface area contributed by atoms with Gasteiger partial charge in [-0.05, 0) is 12.1 Å². The average molecular weight is 307 g/mol. The monoisotopic (exact) mass is 307 g/mol. The number of ether oxygens (including phenoxy) is 1. The zero-order valence-electron chi connectivity index (χ0n) is 12.3. The quantitative estimate of drug-likeness (QED) is 0.677. The Morgan fingerprint density at radius 3 is 2.70 bits per heavy atom. The Bertz CT molecular complexity index is 998. The molecule has 23 heavy (non-hydrogen) atoms. The van der Waals surface area contributed by atoms with Crippen LogP contribution < -0.4 is 4.74 Å². The van der Waals surface area contributed by atoms with E-state index < -0.39 is 5.78 Å². The molecule has 0 radical (unpaired) electrons. The van der Waals surface area contributed by atoms with Gasteiger partial charge < -0.3 is 19.5 Å². The van der Waals surface area contributed by atoms with Crippen molar-refractivity contribution in [3.63, 3.8) is 0 Å². The second-order valence-corrected chi connectivity index (χ2v) is 5.46. The molecule has 0 amide bonds. The molecule has 0 saturated heterocycles. The Hall–Kier alpha value is -3.21. The minimum absolute atomic E-state index is 0.0767. The van der Waals surface area contributed by atoms with Crippen LogP contribution in [0.4, 0.5) is 0 Å². The minimum Gasteiger partial charge on any atom is -0.508 e. The molecule has 1 aromatic heterocycles. The van der Waals surface area contributed by atoms with E-state index in [1.54, 1.807) is 6.08 Å². The number of hydrogen-bond donors (Lipinski definition) is 2. The van der Waals surface area contributed by atoms with Crippen LogP contribution in [0.1, 0.15) is 16.1 Å². The van der Waals surface area contributed by atoms with Gasteiger partial charge in [0.25, 0.3) is 0 Å². The first kappa shape index (κ1) is 13.5. The number of fused-ring (bicyclic) bond motifs is 2. The van der Waals surface area contributed by atoms with Gasteiger partial charge >= 0.3 is 0 Å². The number of allylic oxidation sites excluding steroid dienone is 1. The van der Waals surface area contributed by atoms with Gasteiger partial charge in [0.2, 0.25) is 5.78 Å². The van der Waals surface area contributed by atoms with Crippen molar-refractivity contribution in [1.29, 1.82) is 0 Å². The Morgan fingerprint density at radius 1 is 1.13 bits per heavy atom. The highest BCUT2D eigenvalue weighted by Gasteiger charge is 2.31. The number of phenolic OH excluding ortho intramolecular Hbond substituents is 2. The zero-order chi connectivity index (χ0) is 16.1. The maximum Gasteiger partial charge on any atom is 0.235 e. The normalized spacial score (nSPS) is 15.2. The van der Waals surface area contributed by atoms with Gasteiger partial charge in [-0.25, -0.2) is 0 Å². The van der Waals surface area contributed by atoms with Crippen LogP contribution in [0, 0.1) is 0 Å². The Morgan fingerprint density at radius 2 is 1.91 bits per heavy atom. The number of ketones is 1. The lowest BCUT2D eigenvalue weighted by Crippen LogP contribution is -2.00. The fraction of sp³-hybridized carbons (Fsp3) is 0.0556. The van der Waals surface area contributed by atoms with E-state index >= 15 is 0 Å². The molecule has 2 aromatic carbocycles. The highest BCUT2D eigenvalue weighted by molar-refractivity contribution is 6.16. The molecule has 2 N–H and O–H groups in total. The molecule has 0 unspecified atom stereocenters. The summed E-state index contributed by atoms with van der Waals surface area (Å²) in [4.78, 5) is 12.4. The molecule has 0 aliphatic carbocycles. The number of carbonyl (C=O) groups is 1. The van der Waals surface area contributed by atoms with E-state index in [-0.39, 0.29) is 28.6 Å². The first-order valence-electron chi connectivity index (χ1n) is 7.09. The fourth-order valence-corrected chi connectivity index (χ4v) is 2.86. The molecule has 0 atom stereocenters. The van der Waals surface area contributed by atoms with Crippen molar-refractivity contribution in [3.05, 3.63) is 59.5 Å². The summed E-state index contributed by atoms with van der Waals surface area (Å²) in [5, 5.41) is 20.4. The summed E-state index contributed by atoms with van der Waals surface area (Å²) in [5.74, 6) is -0.558. The second-order valence-electron chi connectivity index (χ2n) is 5.46. The van der Waals surface area contributed by atoms with Crippen LogP contribution in [0.25, 0.3) is 17.0 Å². The summed E-state index contributed by atoms with van der Waals surface area (Å²) < 4.78 is 7.47. The molecule has 3 aromatic rings. The SMILES string of the molecule is Cn1c(/C=C2\Oc3cc(O)cc(O)c3C2=O)cc2ccccc21. The Kier molecular flexibility index (Phi) is 2.72. The third-order valence-electron chi connectivity index (χ3n) is 4.00. The maximum atomic E-state index is 12.4. The smallest absolute Gasteiger partial charge is 0.235 e. The van der Waals surface area contributed by atoms with E-state index in [4.69, 9.17) is 4.74 Å². The molecule has 114 valence electrons. The number of rotatable bonds is 1. The first-order valence-corrected chi connectivity index (χ1v) is 7.09. The molecule has 0 fully saturated rings. The fourth-order valence-electron chi connectivity index (χ4n) is 2.86. The van der Waals surface area contributed by atoms with Crippen molar-refractivity contribution in [1.82, 2.24) is 4.57 Å². The minimum atomic E-state index is -0.400. The predicted octanol–water partition coefficient (Wildman–Crippen LogP) is 3.21. The zero-order valence-corrected chi connectivity index (χ0v) is 12.3. The number of Topliss-reactive ketones (excluding diaryl/α,β-unsaturated/α-hetero) is 1. The van der Waals surface area contributed by atoms with Gasteiger partial charge in [-0.1, -0.05) is 18.2 Å². The van der Waals surface area contributed by atoms with Crippen LogP contribution in [-0.2, 0) is 7.05 Å². The van der Waals surface area contributed by atoms with Crippen molar-refractivity contribution < 1.29 is 19.7 Å². The van der Waals surface area contributed by atoms with E-state index in [1.807, 2.05) is 41.9 Å². The third-order valence-corrected chi connectivity index (χ3v) is 4.00. The third kappa shape index (κ3) is 1.97. The van der Waals surface area contributed by atoms with Crippen molar-refractivity contribution in [2.24, 2.45) is 7.05 Å². The van der Waals surface area contributed by atoms with Crippen molar-refractivity contribution >= 4 is 22.8 Å². The number of carbonyl (C=O) groups excluding carboxylic acids is 1. The summed E-state index contributed by atoms with van der Waals surface area (Å²) in [6, 6.07) is 12.3. The van der Waals surface area contributed by atoms with Gasteiger partial charge in [0, 0.05) is 41.9 Å². The lowest BCUT2D eigenvalue weighted by atomic mass is 10.1. The largest absolute Gasteiger partial charge is 0.508 e. The highest BCUT2D eigenvalue weighted by Crippen LogP contribution is 2.40. The van der Waals surface area contributed by atoms with E-state index in [0.29, 0.717) is 0 Å². The summed E-state index contributed by atoms with van der Waals surface area (Å²) in [5.41, 5.74) is 1.93. The number of phenols is 2. The molecule has 0 saturated carbocycles. The van der Waals surface area contributed by atoms with Crippen molar-refractivity contribution in [3.8, 4) is 17.2 Å². The average Bonchev–Trinajstić information content (AvgIpc) is 2.98. The molecule has 5 nitrogen and oxygen atoms in total. The number of aromatic nitrogens is 1. The van der Waals surface area contributed by atoms with Crippen molar-refractivity contribution in [2.75, 3.05) is 0 Å². The molecular weight excluding hydrogens is 294 g/mol. The molecule has 1 aliphatic rings. The van der Waals surface area contributed by atoms with Gasteiger partial charge in [0.1, 0.15) is 22.8 Å². The van der Waals surface area contributed by atoms with Crippen molar-refractivity contribution in [2.45, 2.75) is 0 Å². The van der Waals surface area contributed by atoms with E-state index in [0.717, 1.165) is 22.7 Å². The van der Waals surface area contributed by atoms with Gasteiger partial charge in [-0.15, -0.1) is 0 Å².